The van der Waals surface area contributed by atoms with Crippen LogP contribution in [0.4, 0.5) is 0 Å². The molecule has 34 heavy (non-hydrogen) atoms. The molecule has 198 valence electrons. The van der Waals surface area contributed by atoms with E-state index in [4.69, 9.17) is 18.9 Å². The summed E-state index contributed by atoms with van der Waals surface area (Å²) in [6.07, 6.45) is 1.67. The molecule has 0 aliphatic heterocycles. The van der Waals surface area contributed by atoms with Crippen molar-refractivity contribution in [2.45, 2.75) is 143 Å². The van der Waals surface area contributed by atoms with E-state index in [0.29, 0.717) is 0 Å². The molecule has 0 radical (unpaired) electrons. The van der Waals surface area contributed by atoms with Gasteiger partial charge < -0.3 is 18.9 Å². The van der Waals surface area contributed by atoms with Gasteiger partial charge in [0.05, 0.1) is 22.4 Å². The third kappa shape index (κ3) is 12.0. The van der Waals surface area contributed by atoms with Gasteiger partial charge in [-0.1, -0.05) is 48.5 Å². The van der Waals surface area contributed by atoms with Crippen LogP contribution in [0.1, 0.15) is 110 Å². The van der Waals surface area contributed by atoms with Crippen molar-refractivity contribution in [3.05, 3.63) is 24.3 Å². The fraction of sp³-hybridized carbons (Fsp3) is 0.786. The molecule has 0 aliphatic rings. The van der Waals surface area contributed by atoms with Crippen molar-refractivity contribution in [3.63, 3.8) is 0 Å². The van der Waals surface area contributed by atoms with Crippen molar-refractivity contribution >= 4 is 29.4 Å². The first-order valence-corrected chi connectivity index (χ1v) is 15.8. The highest BCUT2D eigenvalue weighted by Gasteiger charge is 2.40. The summed E-state index contributed by atoms with van der Waals surface area (Å²) in [4.78, 5) is 0. The minimum Gasteiger partial charge on any atom is -0.348 e. The van der Waals surface area contributed by atoms with Crippen molar-refractivity contribution < 1.29 is 18.9 Å². The highest BCUT2D eigenvalue weighted by atomic mass is 28.2. The molecule has 0 spiro atoms. The lowest BCUT2D eigenvalue weighted by molar-refractivity contribution is -0.266. The average molecular weight is 511 g/mol. The Kier molecular flexibility index (Phi) is 10.4. The highest BCUT2D eigenvalue weighted by molar-refractivity contribution is 6.58. The molecule has 0 aliphatic carbocycles. The molecule has 1 rings (SSSR count). The first kappa shape index (κ1) is 31.5. The van der Waals surface area contributed by atoms with Gasteiger partial charge in [0, 0.05) is 0 Å². The van der Waals surface area contributed by atoms with E-state index in [1.165, 1.54) is 10.4 Å². The fourth-order valence-corrected chi connectivity index (χ4v) is 9.06. The maximum Gasteiger partial charge on any atom is 0.150 e. The Bertz CT molecular complexity index is 650. The maximum absolute atomic E-state index is 6.60. The summed E-state index contributed by atoms with van der Waals surface area (Å²) in [6, 6.07) is 9.13. The van der Waals surface area contributed by atoms with E-state index in [2.05, 4.69) is 121 Å². The van der Waals surface area contributed by atoms with Crippen molar-refractivity contribution in [1.82, 2.24) is 0 Å². The Hall–Kier alpha value is -0.506. The van der Waals surface area contributed by atoms with Gasteiger partial charge in [0.2, 0.25) is 0 Å². The van der Waals surface area contributed by atoms with Gasteiger partial charge in [-0.15, -0.1) is 0 Å². The lowest BCUT2D eigenvalue weighted by atomic mass is 10.1. The normalized spacial score (nSPS) is 15.2. The topological polar surface area (TPSA) is 36.9 Å². The molecule has 0 bridgehead atoms. The molecule has 0 saturated heterocycles. The van der Waals surface area contributed by atoms with Crippen LogP contribution in [0.15, 0.2) is 24.3 Å². The maximum atomic E-state index is 6.60. The van der Waals surface area contributed by atoms with E-state index < -0.39 is 29.9 Å². The van der Waals surface area contributed by atoms with Crippen molar-refractivity contribution in [1.29, 1.82) is 0 Å². The second-order valence-corrected chi connectivity index (χ2v) is 18.1. The molecule has 0 amide bonds. The van der Waals surface area contributed by atoms with E-state index in [1.54, 1.807) is 0 Å². The predicted octanol–water partition coefficient (Wildman–Crippen LogP) is 4.66. The SMILES string of the molecule is CCC(OC(C)(C)C)(OC(C)(C)C)[SiH2]c1ccc([SiH2]C(CC)(OC(C)(C)C)OC(C)(C)C)cc1. The Morgan fingerprint density at radius 2 is 0.676 bits per heavy atom. The largest absolute Gasteiger partial charge is 0.348 e. The molecule has 6 heteroatoms. The zero-order chi connectivity index (χ0) is 26.6. The molecule has 0 saturated carbocycles. The number of hydrogen-bond donors (Lipinski definition) is 0. The van der Waals surface area contributed by atoms with Gasteiger partial charge in [-0.2, -0.15) is 0 Å². The van der Waals surface area contributed by atoms with E-state index in [0.717, 1.165) is 12.8 Å². The third-order valence-electron chi connectivity index (χ3n) is 5.02. The fourth-order valence-electron chi connectivity index (χ4n) is 4.35. The molecule has 0 heterocycles. The van der Waals surface area contributed by atoms with Crippen LogP contribution < -0.4 is 10.4 Å². The Morgan fingerprint density at radius 1 is 0.471 bits per heavy atom. The number of hydrogen-bond acceptors (Lipinski definition) is 4. The second kappa shape index (κ2) is 11.3. The zero-order valence-electron chi connectivity index (χ0n) is 24.8. The molecule has 0 N–H and O–H groups in total. The lowest BCUT2D eigenvalue weighted by Gasteiger charge is -2.43. The molecular formula is C28H54O4Si2. The van der Waals surface area contributed by atoms with Crippen LogP contribution in [0, 0.1) is 0 Å². The highest BCUT2D eigenvalue weighted by Crippen LogP contribution is 2.30. The molecule has 0 fully saturated rings. The van der Waals surface area contributed by atoms with Crippen LogP contribution in [0.25, 0.3) is 0 Å². The zero-order valence-corrected chi connectivity index (χ0v) is 27.6. The smallest absolute Gasteiger partial charge is 0.150 e. The van der Waals surface area contributed by atoms with Gasteiger partial charge in [0.25, 0.3) is 0 Å². The predicted molar refractivity (Wildman–Crippen MR) is 152 cm³/mol. The number of rotatable bonds is 10. The number of ether oxygens (including phenoxy) is 4. The molecule has 0 aromatic heterocycles. The summed E-state index contributed by atoms with van der Waals surface area (Å²) in [5.41, 5.74) is -2.14. The van der Waals surface area contributed by atoms with Gasteiger partial charge in [0.1, 0.15) is 19.0 Å². The van der Waals surface area contributed by atoms with Gasteiger partial charge in [-0.05, 0) is 95.9 Å². The molecule has 4 nitrogen and oxygen atoms in total. The summed E-state index contributed by atoms with van der Waals surface area (Å²) >= 11 is 0. The third-order valence-corrected chi connectivity index (χ3v) is 9.43. The van der Waals surface area contributed by atoms with Crippen LogP contribution in [-0.2, 0) is 18.9 Å². The van der Waals surface area contributed by atoms with Crippen molar-refractivity contribution in [2.75, 3.05) is 0 Å². The van der Waals surface area contributed by atoms with Crippen molar-refractivity contribution in [2.24, 2.45) is 0 Å². The summed E-state index contributed by atoms with van der Waals surface area (Å²) in [5.74, 6) is 0. The van der Waals surface area contributed by atoms with Crippen molar-refractivity contribution in [3.8, 4) is 0 Å². The van der Waals surface area contributed by atoms with Crippen LogP contribution in [0.5, 0.6) is 0 Å². The van der Waals surface area contributed by atoms with Crippen LogP contribution >= 0.6 is 0 Å². The summed E-state index contributed by atoms with van der Waals surface area (Å²) in [5, 5.41) is 2.70. The Balaban J connectivity index is 3.23. The summed E-state index contributed by atoms with van der Waals surface area (Å²) in [6.45, 7) is 29.7. The van der Waals surface area contributed by atoms with Crippen LogP contribution in [-0.4, -0.2) is 52.3 Å². The lowest BCUT2D eigenvalue weighted by Crippen LogP contribution is -2.55. The molecule has 1 aromatic rings. The Morgan fingerprint density at radius 3 is 0.824 bits per heavy atom. The quantitative estimate of drug-likeness (QED) is 0.339. The van der Waals surface area contributed by atoms with E-state index in [1.807, 2.05) is 0 Å². The van der Waals surface area contributed by atoms with Crippen LogP contribution in [0.3, 0.4) is 0 Å². The molecule has 1 aromatic carbocycles. The van der Waals surface area contributed by atoms with Gasteiger partial charge in [-0.3, -0.25) is 0 Å². The van der Waals surface area contributed by atoms with E-state index in [-0.39, 0.29) is 22.4 Å². The van der Waals surface area contributed by atoms with Crippen LogP contribution in [0.2, 0.25) is 0 Å². The van der Waals surface area contributed by atoms with Gasteiger partial charge in [-0.25, -0.2) is 0 Å². The minimum absolute atomic E-state index is 0.267. The molecule has 0 unspecified atom stereocenters. The van der Waals surface area contributed by atoms with E-state index in [9.17, 15) is 0 Å². The summed E-state index contributed by atoms with van der Waals surface area (Å²) < 4.78 is 26.4. The minimum atomic E-state index is -0.874. The summed E-state index contributed by atoms with van der Waals surface area (Å²) in [7, 11) is -1.75. The first-order valence-electron chi connectivity index (χ1n) is 13.0. The number of benzene rings is 1. The Labute approximate surface area is 215 Å². The van der Waals surface area contributed by atoms with Gasteiger partial charge in [0.15, 0.2) is 10.8 Å². The molecule has 0 atom stereocenters. The standard InChI is InChI=1S/C28H54O4Si2/c1-15-27(29-23(3,4)5,30-24(6,7)8)33-21-17-19-22(20-18-21)34-28(16-2,31-25(9,10)11)32-26(12,13)14/h17-20H,15-16,33-34H2,1-14H3. The monoisotopic (exact) mass is 510 g/mol. The first-order chi connectivity index (χ1) is 15.1. The average Bonchev–Trinajstić information content (AvgIpc) is 2.57. The molecular weight excluding hydrogens is 456 g/mol. The van der Waals surface area contributed by atoms with Gasteiger partial charge >= 0.3 is 0 Å². The second-order valence-electron chi connectivity index (χ2n) is 13.6. The van der Waals surface area contributed by atoms with E-state index >= 15 is 0 Å².